The maximum Gasteiger partial charge on any atom is 0.452 e. The molecule has 0 radical (unpaired) electrons. The predicted octanol–water partition coefficient (Wildman–Crippen LogP) is 6.38. The molecule has 2 aliphatic rings. The summed E-state index contributed by atoms with van der Waals surface area (Å²) in [5.41, 5.74) is 0.282. The number of carbonyl (C=O) groups excluding carboxylic acids is 2. The lowest BCUT2D eigenvalue weighted by atomic mass is 9.93. The molecule has 3 aromatic rings. The standard InChI is InChI=1S/C33H36F3N5O6/c1-32(2,3)47-27(43)16-19-12-14-40(15-13-19)26(42)18-25-30-38-39-31(33(34,35)36)41(30)23-11-10-20(37-4)17-22(23)28(46-25)21-8-7-9-24(44-5)29(21)45-6/h7-11,17,19,25,28H,12-16,18H2,1-3,5-6H3/t25-,28-/m1/s1. The van der Waals surface area contributed by atoms with Gasteiger partial charge in [0, 0.05) is 25.1 Å². The van der Waals surface area contributed by atoms with Gasteiger partial charge in [-0.05, 0) is 63.3 Å². The summed E-state index contributed by atoms with van der Waals surface area (Å²) in [6.45, 7) is 13.7. The minimum Gasteiger partial charge on any atom is -0.493 e. The molecule has 3 heterocycles. The van der Waals surface area contributed by atoms with Gasteiger partial charge in [-0.3, -0.25) is 14.2 Å². The Hall–Kier alpha value is -4.64. The van der Waals surface area contributed by atoms with Gasteiger partial charge in [0.15, 0.2) is 23.0 Å². The van der Waals surface area contributed by atoms with E-state index in [2.05, 4.69) is 15.0 Å². The summed E-state index contributed by atoms with van der Waals surface area (Å²) in [4.78, 5) is 31.2. The number of hydrogen-bond acceptors (Lipinski definition) is 8. The van der Waals surface area contributed by atoms with Gasteiger partial charge in [-0.15, -0.1) is 10.2 Å². The van der Waals surface area contributed by atoms with Crippen molar-refractivity contribution < 1.29 is 41.7 Å². The molecule has 14 heteroatoms. The van der Waals surface area contributed by atoms with E-state index in [-0.39, 0.29) is 59.1 Å². The summed E-state index contributed by atoms with van der Waals surface area (Å²) in [6, 6.07) is 9.29. The fourth-order valence-electron chi connectivity index (χ4n) is 6.04. The Bertz CT molecular complexity index is 1690. The maximum absolute atomic E-state index is 14.4. The number of esters is 1. The average molecular weight is 656 g/mol. The van der Waals surface area contributed by atoms with Crippen LogP contribution in [0.15, 0.2) is 36.4 Å². The van der Waals surface area contributed by atoms with E-state index in [0.29, 0.717) is 37.2 Å². The number of hydrogen-bond donors (Lipinski definition) is 0. The molecule has 2 aromatic carbocycles. The topological polar surface area (TPSA) is 109 Å². The van der Waals surface area contributed by atoms with E-state index in [1.165, 1.54) is 32.4 Å². The predicted molar refractivity (Wildman–Crippen MR) is 162 cm³/mol. The van der Waals surface area contributed by atoms with Gasteiger partial charge in [0.2, 0.25) is 11.7 Å². The van der Waals surface area contributed by atoms with Crippen molar-refractivity contribution >= 4 is 17.6 Å². The second-order valence-electron chi connectivity index (χ2n) is 12.5. The van der Waals surface area contributed by atoms with Gasteiger partial charge in [0.05, 0.1) is 32.9 Å². The highest BCUT2D eigenvalue weighted by Gasteiger charge is 2.44. The van der Waals surface area contributed by atoms with Gasteiger partial charge >= 0.3 is 12.1 Å². The van der Waals surface area contributed by atoms with Crippen molar-refractivity contribution in [2.45, 2.75) is 70.4 Å². The second-order valence-corrected chi connectivity index (χ2v) is 12.5. The van der Waals surface area contributed by atoms with Crippen LogP contribution in [0.1, 0.15) is 81.4 Å². The fraction of sp³-hybridized carbons (Fsp3) is 0.485. The number of para-hydroxylation sites is 1. The molecule has 0 N–H and O–H groups in total. The van der Waals surface area contributed by atoms with E-state index in [4.69, 9.17) is 25.5 Å². The highest BCUT2D eigenvalue weighted by atomic mass is 19.4. The number of rotatable bonds is 7. The third-order valence-electron chi connectivity index (χ3n) is 8.11. The average Bonchev–Trinajstić information content (AvgIpc) is 3.43. The summed E-state index contributed by atoms with van der Waals surface area (Å²) in [5.74, 6) is -1.45. The number of aromatic nitrogens is 3. The molecule has 1 saturated heterocycles. The molecule has 1 fully saturated rings. The van der Waals surface area contributed by atoms with E-state index >= 15 is 0 Å². The van der Waals surface area contributed by atoms with Crippen molar-refractivity contribution in [3.8, 4) is 17.2 Å². The maximum atomic E-state index is 14.4. The van der Waals surface area contributed by atoms with Crippen molar-refractivity contribution in [3.05, 3.63) is 70.6 Å². The van der Waals surface area contributed by atoms with Crippen LogP contribution in [0.3, 0.4) is 0 Å². The lowest BCUT2D eigenvalue weighted by Gasteiger charge is -2.33. The first-order valence-corrected chi connectivity index (χ1v) is 15.1. The van der Waals surface area contributed by atoms with E-state index in [1.807, 2.05) is 0 Å². The highest BCUT2D eigenvalue weighted by Crippen LogP contribution is 2.47. The van der Waals surface area contributed by atoms with E-state index < -0.39 is 29.8 Å². The number of likely N-dealkylation sites (tertiary alicyclic amines) is 1. The number of piperidine rings is 1. The molecule has 1 amide bonds. The van der Waals surface area contributed by atoms with Crippen LogP contribution in [0.4, 0.5) is 18.9 Å². The molecule has 11 nitrogen and oxygen atoms in total. The van der Waals surface area contributed by atoms with E-state index in [1.54, 1.807) is 43.9 Å². The zero-order valence-corrected chi connectivity index (χ0v) is 26.8. The molecule has 250 valence electrons. The molecule has 0 unspecified atom stereocenters. The van der Waals surface area contributed by atoms with Crippen LogP contribution in [0.5, 0.6) is 11.5 Å². The highest BCUT2D eigenvalue weighted by molar-refractivity contribution is 5.77. The smallest absolute Gasteiger partial charge is 0.452 e. The Labute approximate surface area is 270 Å². The molecule has 0 aliphatic carbocycles. The Morgan fingerprint density at radius 3 is 2.36 bits per heavy atom. The first-order chi connectivity index (χ1) is 22.2. The van der Waals surface area contributed by atoms with Gasteiger partial charge in [0.25, 0.3) is 0 Å². The zero-order valence-electron chi connectivity index (χ0n) is 26.8. The zero-order chi connectivity index (χ0) is 34.1. The molecule has 0 saturated carbocycles. The number of benzene rings is 2. The Kier molecular flexibility index (Phi) is 9.49. The molecule has 1 aromatic heterocycles. The summed E-state index contributed by atoms with van der Waals surface area (Å²) >= 11 is 0. The van der Waals surface area contributed by atoms with E-state index in [9.17, 15) is 22.8 Å². The van der Waals surface area contributed by atoms with E-state index in [0.717, 1.165) is 4.57 Å². The lowest BCUT2D eigenvalue weighted by Crippen LogP contribution is -2.40. The molecule has 2 atom stereocenters. The molecule has 0 bridgehead atoms. The monoisotopic (exact) mass is 655 g/mol. The summed E-state index contributed by atoms with van der Waals surface area (Å²) in [6.07, 6.45) is -6.20. The second kappa shape index (κ2) is 13.2. The van der Waals surface area contributed by atoms with Crippen molar-refractivity contribution in [2.24, 2.45) is 5.92 Å². The molecular formula is C33H36F3N5O6. The summed E-state index contributed by atoms with van der Waals surface area (Å²) in [7, 11) is 2.88. The molecule has 0 spiro atoms. The first kappa shape index (κ1) is 33.7. The summed E-state index contributed by atoms with van der Waals surface area (Å²) in [5, 5.41) is 7.39. The van der Waals surface area contributed by atoms with Crippen LogP contribution in [-0.4, -0.2) is 64.5 Å². The lowest BCUT2D eigenvalue weighted by molar-refractivity contribution is -0.156. The number of nitrogens with zero attached hydrogens (tertiary/aromatic N) is 5. The number of carbonyl (C=O) groups is 2. The van der Waals surface area contributed by atoms with Crippen LogP contribution in [-0.2, 0) is 25.2 Å². The quantitative estimate of drug-likeness (QED) is 0.213. The first-order valence-electron chi connectivity index (χ1n) is 15.1. The van der Waals surface area contributed by atoms with Gasteiger partial charge in [-0.2, -0.15) is 13.2 Å². The number of methoxy groups -OCH3 is 2. The third kappa shape index (κ3) is 7.20. The largest absolute Gasteiger partial charge is 0.493 e. The fourth-order valence-corrected chi connectivity index (χ4v) is 6.04. The number of ether oxygens (including phenoxy) is 4. The van der Waals surface area contributed by atoms with Crippen molar-refractivity contribution in [1.29, 1.82) is 0 Å². The van der Waals surface area contributed by atoms with Crippen LogP contribution in [0, 0.1) is 12.5 Å². The van der Waals surface area contributed by atoms with Gasteiger partial charge in [-0.25, -0.2) is 4.85 Å². The van der Waals surface area contributed by atoms with Gasteiger partial charge in [-0.1, -0.05) is 18.2 Å². The molecule has 47 heavy (non-hydrogen) atoms. The van der Waals surface area contributed by atoms with Crippen LogP contribution < -0.4 is 9.47 Å². The number of alkyl halides is 3. The number of amides is 1. The molecular weight excluding hydrogens is 619 g/mol. The normalized spacial score (nSPS) is 18.4. The van der Waals surface area contributed by atoms with Gasteiger partial charge < -0.3 is 23.8 Å². The number of halogens is 3. The van der Waals surface area contributed by atoms with Crippen LogP contribution in [0.2, 0.25) is 0 Å². The summed E-state index contributed by atoms with van der Waals surface area (Å²) < 4.78 is 67.1. The number of fused-ring (bicyclic) bond motifs is 3. The van der Waals surface area contributed by atoms with Crippen molar-refractivity contribution in [1.82, 2.24) is 19.7 Å². The SMILES string of the molecule is [C-]#[N+]c1ccc2c(c1)[C@@H](c1cccc(OC)c1OC)O[C@H](CC(=O)N1CCC(CC(=O)OC(C)(C)C)CC1)c1nnc(C(F)(F)F)n1-2. The minimum absolute atomic E-state index is 0.0384. The van der Waals surface area contributed by atoms with Crippen LogP contribution >= 0.6 is 0 Å². The Morgan fingerprint density at radius 1 is 1.02 bits per heavy atom. The molecule has 5 rings (SSSR count). The Balaban J connectivity index is 1.51. The Morgan fingerprint density at radius 2 is 1.74 bits per heavy atom. The third-order valence-corrected chi connectivity index (χ3v) is 8.11. The molecule has 2 aliphatic heterocycles. The van der Waals surface area contributed by atoms with Crippen molar-refractivity contribution in [2.75, 3.05) is 27.3 Å². The van der Waals surface area contributed by atoms with Crippen molar-refractivity contribution in [3.63, 3.8) is 0 Å². The van der Waals surface area contributed by atoms with Gasteiger partial charge in [0.1, 0.15) is 17.8 Å². The van der Waals surface area contributed by atoms with Crippen LogP contribution in [0.25, 0.3) is 10.5 Å². The minimum atomic E-state index is -4.89.